The lowest BCUT2D eigenvalue weighted by atomic mass is 10.1. The Morgan fingerprint density at radius 1 is 0.900 bits per heavy atom. The Labute approximate surface area is 233 Å². The number of amides is 1. The summed E-state index contributed by atoms with van der Waals surface area (Å²) in [7, 11) is 0. The van der Waals surface area contributed by atoms with Gasteiger partial charge in [0, 0.05) is 12.6 Å². The van der Waals surface area contributed by atoms with Crippen molar-refractivity contribution in [2.45, 2.75) is 26.4 Å². The molecular formula is C34H31N3O3. The van der Waals surface area contributed by atoms with Crippen LogP contribution in [0.15, 0.2) is 120 Å². The quantitative estimate of drug-likeness (QED) is 0.202. The van der Waals surface area contributed by atoms with Crippen molar-refractivity contribution in [3.63, 3.8) is 0 Å². The summed E-state index contributed by atoms with van der Waals surface area (Å²) >= 11 is 0. The minimum Gasteiger partial charge on any atom is -0.492 e. The van der Waals surface area contributed by atoms with Crippen molar-refractivity contribution in [2.75, 3.05) is 6.61 Å². The van der Waals surface area contributed by atoms with Crippen molar-refractivity contribution >= 4 is 22.9 Å². The summed E-state index contributed by atoms with van der Waals surface area (Å²) in [5.74, 6) is 0.836. The number of nitrogens with zero attached hydrogens (tertiary/aromatic N) is 3. The molecule has 1 amide bonds. The second-order valence-electron chi connectivity index (χ2n) is 9.40. The van der Waals surface area contributed by atoms with E-state index in [1.807, 2.05) is 117 Å². The molecular weight excluding hydrogens is 498 g/mol. The molecule has 0 aliphatic carbocycles. The Morgan fingerprint density at radius 3 is 2.30 bits per heavy atom. The fraction of sp³-hybridized carbons (Fsp3) is 0.147. The Morgan fingerprint density at radius 2 is 1.55 bits per heavy atom. The number of hydrogen-bond acceptors (Lipinski definition) is 4. The largest absolute Gasteiger partial charge is 0.492 e. The predicted molar refractivity (Wildman–Crippen MR) is 159 cm³/mol. The lowest BCUT2D eigenvalue weighted by Crippen LogP contribution is -2.36. The Kier molecular flexibility index (Phi) is 8.16. The lowest BCUT2D eigenvalue weighted by molar-refractivity contribution is -0.128. The first-order chi connectivity index (χ1) is 19.6. The highest BCUT2D eigenvalue weighted by Crippen LogP contribution is 2.29. The fourth-order valence-electron chi connectivity index (χ4n) is 4.74. The van der Waals surface area contributed by atoms with Crippen molar-refractivity contribution in [3.8, 4) is 11.4 Å². The molecule has 40 heavy (non-hydrogen) atoms. The van der Waals surface area contributed by atoms with E-state index < -0.39 is 6.04 Å². The molecule has 0 N–H and O–H groups in total. The van der Waals surface area contributed by atoms with E-state index in [0.29, 0.717) is 41.3 Å². The molecule has 0 radical (unpaired) electrons. The summed E-state index contributed by atoms with van der Waals surface area (Å²) in [5.41, 5.74) is 2.84. The topological polar surface area (TPSA) is 64.4 Å². The number of para-hydroxylation sites is 3. The first-order valence-electron chi connectivity index (χ1n) is 13.4. The molecule has 6 heteroatoms. The first kappa shape index (κ1) is 26.6. The summed E-state index contributed by atoms with van der Waals surface area (Å²) in [5, 5.41) is 0.495. The van der Waals surface area contributed by atoms with Gasteiger partial charge in [-0.2, -0.15) is 0 Å². The fourth-order valence-corrected chi connectivity index (χ4v) is 4.74. The Balaban J connectivity index is 1.67. The van der Waals surface area contributed by atoms with Gasteiger partial charge in [0.25, 0.3) is 5.56 Å². The number of rotatable bonds is 9. The van der Waals surface area contributed by atoms with Crippen molar-refractivity contribution in [3.05, 3.63) is 143 Å². The van der Waals surface area contributed by atoms with Gasteiger partial charge in [0.2, 0.25) is 5.91 Å². The molecule has 0 spiro atoms. The van der Waals surface area contributed by atoms with Crippen LogP contribution in [0.3, 0.4) is 0 Å². The molecule has 1 atom stereocenters. The minimum atomic E-state index is -0.555. The third-order valence-electron chi connectivity index (χ3n) is 6.75. The second kappa shape index (κ2) is 12.3. The summed E-state index contributed by atoms with van der Waals surface area (Å²) in [6.45, 7) is 4.60. The van der Waals surface area contributed by atoms with E-state index in [4.69, 9.17) is 9.72 Å². The van der Waals surface area contributed by atoms with Crippen LogP contribution < -0.4 is 10.3 Å². The normalized spacial score (nSPS) is 11.9. The maximum Gasteiger partial charge on any atom is 0.266 e. The molecule has 1 aromatic heterocycles. The standard InChI is InChI=1S/C34H31N3O3/c1-3-40-31-21-13-12-20-30(31)37-33(35-29-19-11-10-18-28(29)34(37)39)25(2)36(24-27-16-8-5-9-17-27)32(38)23-22-26-14-6-4-7-15-26/h4-23,25H,3,24H2,1-2H3/b23-22+. The molecule has 0 bridgehead atoms. The van der Waals surface area contributed by atoms with E-state index in [1.54, 1.807) is 27.7 Å². The number of fused-ring (bicyclic) bond motifs is 1. The van der Waals surface area contributed by atoms with Crippen LogP contribution >= 0.6 is 0 Å². The molecule has 1 heterocycles. The average Bonchev–Trinajstić information content (AvgIpc) is 3.00. The van der Waals surface area contributed by atoms with E-state index in [2.05, 4.69) is 0 Å². The highest BCUT2D eigenvalue weighted by Gasteiger charge is 2.27. The summed E-state index contributed by atoms with van der Waals surface area (Å²) in [4.78, 5) is 34.5. The maximum atomic E-state index is 14.0. The number of benzene rings is 4. The van der Waals surface area contributed by atoms with Gasteiger partial charge in [0.1, 0.15) is 11.6 Å². The van der Waals surface area contributed by atoms with Crippen LogP contribution in [0.1, 0.15) is 36.8 Å². The van der Waals surface area contributed by atoms with Gasteiger partial charge in [-0.3, -0.25) is 14.2 Å². The molecule has 0 saturated carbocycles. The van der Waals surface area contributed by atoms with Crippen LogP contribution in [-0.2, 0) is 11.3 Å². The van der Waals surface area contributed by atoms with Crippen molar-refractivity contribution in [2.24, 2.45) is 0 Å². The first-order valence-corrected chi connectivity index (χ1v) is 13.4. The number of carbonyl (C=O) groups excluding carboxylic acids is 1. The number of aromatic nitrogens is 2. The SMILES string of the molecule is CCOc1ccccc1-n1c(C(C)N(Cc2ccccc2)C(=O)/C=C/c2ccccc2)nc2ccccc2c1=O. The van der Waals surface area contributed by atoms with Crippen LogP contribution in [0, 0.1) is 0 Å². The predicted octanol–water partition coefficient (Wildman–Crippen LogP) is 6.59. The minimum absolute atomic E-state index is 0.188. The molecule has 6 nitrogen and oxygen atoms in total. The van der Waals surface area contributed by atoms with Crippen molar-refractivity contribution in [1.82, 2.24) is 14.5 Å². The molecule has 1 unspecified atom stereocenters. The molecule has 200 valence electrons. The maximum absolute atomic E-state index is 14.0. The van der Waals surface area contributed by atoms with Gasteiger partial charge >= 0.3 is 0 Å². The lowest BCUT2D eigenvalue weighted by Gasteiger charge is -2.30. The zero-order chi connectivity index (χ0) is 27.9. The highest BCUT2D eigenvalue weighted by molar-refractivity contribution is 5.92. The molecule has 0 saturated heterocycles. The van der Waals surface area contributed by atoms with Gasteiger partial charge in [0.05, 0.1) is 29.2 Å². The van der Waals surface area contributed by atoms with Gasteiger partial charge in [0.15, 0.2) is 0 Å². The van der Waals surface area contributed by atoms with E-state index >= 15 is 0 Å². The monoisotopic (exact) mass is 529 g/mol. The van der Waals surface area contributed by atoms with Gasteiger partial charge in [-0.25, -0.2) is 4.98 Å². The van der Waals surface area contributed by atoms with Gasteiger partial charge in [-0.05, 0) is 55.3 Å². The van der Waals surface area contributed by atoms with E-state index in [9.17, 15) is 9.59 Å². The average molecular weight is 530 g/mol. The molecule has 0 aliphatic heterocycles. The zero-order valence-electron chi connectivity index (χ0n) is 22.6. The number of hydrogen-bond donors (Lipinski definition) is 0. The van der Waals surface area contributed by atoms with Gasteiger partial charge in [-0.1, -0.05) is 84.9 Å². The Bertz CT molecular complexity index is 1690. The second-order valence-corrected chi connectivity index (χ2v) is 9.40. The smallest absolute Gasteiger partial charge is 0.266 e. The molecule has 4 aromatic carbocycles. The third kappa shape index (κ3) is 5.71. The highest BCUT2D eigenvalue weighted by atomic mass is 16.5. The number of ether oxygens (including phenoxy) is 1. The van der Waals surface area contributed by atoms with E-state index in [-0.39, 0.29) is 11.5 Å². The van der Waals surface area contributed by atoms with E-state index in [0.717, 1.165) is 11.1 Å². The number of carbonyl (C=O) groups is 1. The van der Waals surface area contributed by atoms with Gasteiger partial charge < -0.3 is 9.64 Å². The zero-order valence-corrected chi connectivity index (χ0v) is 22.6. The van der Waals surface area contributed by atoms with Crippen molar-refractivity contribution in [1.29, 1.82) is 0 Å². The van der Waals surface area contributed by atoms with Crippen LogP contribution in [-0.4, -0.2) is 27.0 Å². The van der Waals surface area contributed by atoms with Crippen molar-refractivity contribution < 1.29 is 9.53 Å². The van der Waals surface area contributed by atoms with Gasteiger partial charge in [-0.15, -0.1) is 0 Å². The van der Waals surface area contributed by atoms with Crippen LogP contribution in [0.25, 0.3) is 22.7 Å². The molecule has 0 aliphatic rings. The molecule has 5 rings (SSSR count). The van der Waals surface area contributed by atoms with Crippen LogP contribution in [0.4, 0.5) is 0 Å². The summed E-state index contributed by atoms with van der Waals surface area (Å²) in [6, 6.07) is 33.7. The third-order valence-corrected chi connectivity index (χ3v) is 6.75. The molecule has 5 aromatic rings. The van der Waals surface area contributed by atoms with Crippen LogP contribution in [0.2, 0.25) is 0 Å². The molecule has 0 fully saturated rings. The Hall–Kier alpha value is -4.97. The van der Waals surface area contributed by atoms with E-state index in [1.165, 1.54) is 0 Å². The summed E-state index contributed by atoms with van der Waals surface area (Å²) in [6.07, 6.45) is 3.38. The summed E-state index contributed by atoms with van der Waals surface area (Å²) < 4.78 is 7.49. The van der Waals surface area contributed by atoms with Crippen LogP contribution in [0.5, 0.6) is 5.75 Å².